The molecule has 2 atom stereocenters. The third-order valence-corrected chi connectivity index (χ3v) is 4.23. The average Bonchev–Trinajstić information content (AvgIpc) is 2.49. The van der Waals surface area contributed by atoms with Crippen molar-refractivity contribution in [2.24, 2.45) is 5.92 Å². The third-order valence-electron chi connectivity index (χ3n) is 3.14. The van der Waals surface area contributed by atoms with E-state index in [4.69, 9.17) is 5.11 Å². The van der Waals surface area contributed by atoms with Gasteiger partial charge in [0.15, 0.2) is 0 Å². The van der Waals surface area contributed by atoms with Gasteiger partial charge in [-0.2, -0.15) is 24.4 Å². The van der Waals surface area contributed by atoms with Crippen LogP contribution in [0.1, 0.15) is 12.0 Å². The molecule has 4 nitrogen and oxygen atoms in total. The molecule has 0 aliphatic heterocycles. The van der Waals surface area contributed by atoms with Crippen LogP contribution in [0.2, 0.25) is 0 Å². The van der Waals surface area contributed by atoms with E-state index in [1.807, 2.05) is 36.6 Å². The van der Waals surface area contributed by atoms with Gasteiger partial charge in [0.05, 0.1) is 5.92 Å². The van der Waals surface area contributed by atoms with Gasteiger partial charge in [0.2, 0.25) is 5.91 Å². The van der Waals surface area contributed by atoms with Gasteiger partial charge in [-0.25, -0.2) is 4.79 Å². The highest BCUT2D eigenvalue weighted by Gasteiger charge is 2.24. The van der Waals surface area contributed by atoms with E-state index in [1.165, 1.54) is 0 Å². The molecule has 0 aliphatic carbocycles. The molecule has 0 unspecified atom stereocenters. The van der Waals surface area contributed by atoms with Crippen LogP contribution in [0.3, 0.4) is 0 Å². The number of carbonyl (C=O) groups is 2. The van der Waals surface area contributed by atoms with E-state index >= 15 is 0 Å². The van der Waals surface area contributed by atoms with Gasteiger partial charge < -0.3 is 10.4 Å². The Hall–Kier alpha value is -1.14. The topological polar surface area (TPSA) is 66.4 Å². The van der Waals surface area contributed by atoms with E-state index in [9.17, 15) is 9.59 Å². The number of hydrogen-bond acceptors (Lipinski definition) is 4. The van der Waals surface area contributed by atoms with Crippen molar-refractivity contribution >= 4 is 36.3 Å². The summed E-state index contributed by atoms with van der Waals surface area (Å²) in [5, 5.41) is 11.8. The minimum atomic E-state index is -0.991. The number of amides is 1. The largest absolute Gasteiger partial charge is 0.480 e. The van der Waals surface area contributed by atoms with Gasteiger partial charge in [-0.3, -0.25) is 4.79 Å². The van der Waals surface area contributed by atoms with Crippen molar-refractivity contribution < 1.29 is 14.7 Å². The number of carboxylic acid groups (broad SMARTS) is 1. The van der Waals surface area contributed by atoms with Gasteiger partial charge in [0.25, 0.3) is 0 Å². The van der Waals surface area contributed by atoms with Crippen molar-refractivity contribution in [2.45, 2.75) is 18.9 Å². The fraction of sp³-hybridized carbons (Fsp3) is 0.467. The lowest BCUT2D eigenvalue weighted by Crippen LogP contribution is -2.44. The summed E-state index contributed by atoms with van der Waals surface area (Å²) in [4.78, 5) is 23.4. The summed E-state index contributed by atoms with van der Waals surface area (Å²) in [6.07, 6.45) is 2.89. The number of carboxylic acids is 1. The summed E-state index contributed by atoms with van der Waals surface area (Å²) < 4.78 is 0. The highest BCUT2D eigenvalue weighted by atomic mass is 32.2. The number of carbonyl (C=O) groups excluding carboxylic acids is 1. The van der Waals surface area contributed by atoms with Gasteiger partial charge in [-0.1, -0.05) is 30.3 Å². The second-order valence-corrected chi connectivity index (χ2v) is 6.10. The van der Waals surface area contributed by atoms with Crippen molar-refractivity contribution in [1.82, 2.24) is 5.32 Å². The molecule has 0 saturated carbocycles. The standard InChI is InChI=1S/C15H21NO3S2/c1-21-8-7-13(15(18)19)16-14(17)12(10-20)9-11-5-3-2-4-6-11/h2-6,12-13,20H,7-10H2,1H3,(H,16,17)(H,18,19)/t12-,13-/m0/s1. The summed E-state index contributed by atoms with van der Waals surface area (Å²) in [6, 6.07) is 8.83. The maximum Gasteiger partial charge on any atom is 0.326 e. The van der Waals surface area contributed by atoms with Crippen LogP contribution in [-0.2, 0) is 16.0 Å². The summed E-state index contributed by atoms with van der Waals surface area (Å²) in [5.41, 5.74) is 1.04. The summed E-state index contributed by atoms with van der Waals surface area (Å²) in [6.45, 7) is 0. The maximum atomic E-state index is 12.2. The Bertz CT molecular complexity index is 453. The second-order valence-electron chi connectivity index (χ2n) is 4.75. The number of thiol groups is 1. The lowest BCUT2D eigenvalue weighted by Gasteiger charge is -2.19. The molecule has 0 heterocycles. The number of thioether (sulfide) groups is 1. The van der Waals surface area contributed by atoms with Crippen LogP contribution in [0.25, 0.3) is 0 Å². The third kappa shape index (κ3) is 6.44. The molecule has 21 heavy (non-hydrogen) atoms. The molecule has 0 aliphatic rings. The highest BCUT2D eigenvalue weighted by molar-refractivity contribution is 7.98. The molecule has 0 bridgehead atoms. The molecule has 1 amide bonds. The van der Waals surface area contributed by atoms with Crippen molar-refractivity contribution in [3.8, 4) is 0 Å². The molecule has 0 spiro atoms. The van der Waals surface area contributed by atoms with Gasteiger partial charge in [0.1, 0.15) is 6.04 Å². The molecule has 116 valence electrons. The fourth-order valence-corrected chi connectivity index (χ4v) is 2.69. The maximum absolute atomic E-state index is 12.2. The SMILES string of the molecule is CSCC[C@H](NC(=O)[C@H](CS)Cc1ccccc1)C(=O)O. The number of benzene rings is 1. The van der Waals surface area contributed by atoms with Crippen molar-refractivity contribution in [3.63, 3.8) is 0 Å². The average molecular weight is 327 g/mol. The zero-order chi connectivity index (χ0) is 15.7. The van der Waals surface area contributed by atoms with Gasteiger partial charge in [-0.15, -0.1) is 0 Å². The first-order valence-electron chi connectivity index (χ1n) is 6.75. The molecular formula is C15H21NO3S2. The predicted molar refractivity (Wildman–Crippen MR) is 90.1 cm³/mol. The van der Waals surface area contributed by atoms with Gasteiger partial charge >= 0.3 is 5.97 Å². The van der Waals surface area contributed by atoms with Crippen LogP contribution in [-0.4, -0.2) is 40.8 Å². The van der Waals surface area contributed by atoms with Crippen LogP contribution in [0.15, 0.2) is 30.3 Å². The van der Waals surface area contributed by atoms with Crippen LogP contribution in [0.4, 0.5) is 0 Å². The molecule has 0 fully saturated rings. The first-order chi connectivity index (χ1) is 10.1. The monoisotopic (exact) mass is 327 g/mol. The predicted octanol–water partition coefficient (Wildman–Crippen LogP) is 2.10. The Balaban J connectivity index is 2.62. The first-order valence-corrected chi connectivity index (χ1v) is 8.78. The minimum Gasteiger partial charge on any atom is -0.480 e. The van der Waals surface area contributed by atoms with Crippen molar-refractivity contribution in [1.29, 1.82) is 0 Å². The summed E-state index contributed by atoms with van der Waals surface area (Å²) in [7, 11) is 0. The molecule has 1 aromatic carbocycles. The summed E-state index contributed by atoms with van der Waals surface area (Å²) >= 11 is 5.78. The smallest absolute Gasteiger partial charge is 0.326 e. The van der Waals surface area contributed by atoms with E-state index in [1.54, 1.807) is 11.8 Å². The summed E-state index contributed by atoms with van der Waals surface area (Å²) in [5.74, 6) is -0.485. The van der Waals surface area contributed by atoms with E-state index in [-0.39, 0.29) is 11.8 Å². The van der Waals surface area contributed by atoms with E-state index in [0.717, 1.165) is 5.56 Å². The Morgan fingerprint density at radius 1 is 1.33 bits per heavy atom. The van der Waals surface area contributed by atoms with Crippen LogP contribution < -0.4 is 5.32 Å². The first kappa shape index (κ1) is 17.9. The van der Waals surface area contributed by atoms with Gasteiger partial charge in [-0.05, 0) is 30.4 Å². The zero-order valence-corrected chi connectivity index (χ0v) is 13.7. The zero-order valence-electron chi connectivity index (χ0n) is 12.0. The molecule has 2 N–H and O–H groups in total. The Labute approximate surface area is 135 Å². The number of aliphatic carboxylic acids is 1. The normalized spacial score (nSPS) is 13.4. The lowest BCUT2D eigenvalue weighted by molar-refractivity contribution is -0.142. The molecule has 0 radical (unpaired) electrons. The number of rotatable bonds is 9. The highest BCUT2D eigenvalue weighted by Crippen LogP contribution is 2.11. The Morgan fingerprint density at radius 3 is 2.52 bits per heavy atom. The Morgan fingerprint density at radius 2 is 2.00 bits per heavy atom. The van der Waals surface area contributed by atoms with Crippen LogP contribution in [0.5, 0.6) is 0 Å². The number of nitrogens with one attached hydrogen (secondary N) is 1. The Kier molecular flexibility index (Phi) is 8.30. The van der Waals surface area contributed by atoms with Crippen molar-refractivity contribution in [2.75, 3.05) is 17.8 Å². The molecular weight excluding hydrogens is 306 g/mol. The molecule has 6 heteroatoms. The van der Waals surface area contributed by atoms with Crippen LogP contribution in [0, 0.1) is 5.92 Å². The molecule has 1 aromatic rings. The quantitative estimate of drug-likeness (QED) is 0.608. The fourth-order valence-electron chi connectivity index (χ4n) is 1.92. The van der Waals surface area contributed by atoms with Crippen LogP contribution >= 0.6 is 24.4 Å². The van der Waals surface area contributed by atoms with Gasteiger partial charge in [0, 0.05) is 5.75 Å². The molecule has 0 saturated heterocycles. The molecule has 0 aromatic heterocycles. The second kappa shape index (κ2) is 9.73. The van der Waals surface area contributed by atoms with E-state index < -0.39 is 12.0 Å². The van der Waals surface area contributed by atoms with E-state index in [0.29, 0.717) is 24.3 Å². The lowest BCUT2D eigenvalue weighted by atomic mass is 9.99. The minimum absolute atomic E-state index is 0.248. The van der Waals surface area contributed by atoms with E-state index in [2.05, 4.69) is 17.9 Å². The molecule has 1 rings (SSSR count). The number of hydrogen-bond donors (Lipinski definition) is 3. The van der Waals surface area contributed by atoms with Crippen molar-refractivity contribution in [3.05, 3.63) is 35.9 Å².